The molecule has 8 heteroatoms. The predicted molar refractivity (Wildman–Crippen MR) is 117 cm³/mol. The Bertz CT molecular complexity index is 991. The lowest BCUT2D eigenvalue weighted by Gasteiger charge is -2.15. The van der Waals surface area contributed by atoms with E-state index in [2.05, 4.69) is 0 Å². The van der Waals surface area contributed by atoms with Gasteiger partial charge in [0, 0.05) is 5.02 Å². The van der Waals surface area contributed by atoms with Gasteiger partial charge in [-0.15, -0.1) is 0 Å². The zero-order valence-corrected chi connectivity index (χ0v) is 18.4. The maximum absolute atomic E-state index is 12.8. The Hall–Kier alpha value is -2.15. The number of carbonyl (C=O) groups excluding carboxylic acids is 2. The number of rotatable bonds is 6. The highest BCUT2D eigenvalue weighted by atomic mass is 35.5. The molecule has 1 saturated heterocycles. The minimum absolute atomic E-state index is 0.0754. The van der Waals surface area contributed by atoms with Gasteiger partial charge in [-0.3, -0.25) is 14.5 Å². The number of methoxy groups -OCH3 is 1. The molecule has 2 aromatic carbocycles. The molecule has 0 aromatic heterocycles. The van der Waals surface area contributed by atoms with Gasteiger partial charge in [-0.05, 0) is 61.0 Å². The summed E-state index contributed by atoms with van der Waals surface area (Å²) in [6.07, 6.45) is 1.54. The van der Waals surface area contributed by atoms with Crippen molar-refractivity contribution < 1.29 is 19.1 Å². The summed E-state index contributed by atoms with van der Waals surface area (Å²) in [5.41, 5.74) is 1.34. The summed E-state index contributed by atoms with van der Waals surface area (Å²) < 4.78 is 11.1. The minimum atomic E-state index is -0.377. The van der Waals surface area contributed by atoms with Gasteiger partial charge < -0.3 is 9.47 Å². The number of halogens is 2. The quantitative estimate of drug-likeness (QED) is 0.502. The van der Waals surface area contributed by atoms with E-state index in [1.54, 1.807) is 36.4 Å². The molecule has 1 fully saturated rings. The van der Waals surface area contributed by atoms with Crippen LogP contribution in [0.1, 0.15) is 25.0 Å². The SMILES string of the molecule is COc1cc(/C=C2\SC(=O)N(Cc3ccccc3Cl)C2=O)cc(Cl)c1OC(C)C. The molecule has 0 unspecified atom stereocenters. The first-order valence-corrected chi connectivity index (χ1v) is 10.4. The van der Waals surface area contributed by atoms with Gasteiger partial charge in [-0.1, -0.05) is 41.4 Å². The third-order valence-electron chi connectivity index (χ3n) is 4.06. The Labute approximate surface area is 183 Å². The summed E-state index contributed by atoms with van der Waals surface area (Å²) in [4.78, 5) is 26.6. The molecule has 152 valence electrons. The van der Waals surface area contributed by atoms with E-state index in [1.165, 1.54) is 12.0 Å². The molecule has 2 amide bonds. The Balaban J connectivity index is 1.87. The minimum Gasteiger partial charge on any atom is -0.493 e. The van der Waals surface area contributed by atoms with Gasteiger partial charge in [0.25, 0.3) is 11.1 Å². The Morgan fingerprint density at radius 1 is 1.14 bits per heavy atom. The van der Waals surface area contributed by atoms with Crippen LogP contribution in [0.3, 0.4) is 0 Å². The van der Waals surface area contributed by atoms with E-state index in [0.717, 1.165) is 11.8 Å². The average molecular weight is 452 g/mol. The van der Waals surface area contributed by atoms with Crippen molar-refractivity contribution in [3.05, 3.63) is 62.5 Å². The first-order valence-electron chi connectivity index (χ1n) is 8.83. The molecule has 0 spiro atoms. The van der Waals surface area contributed by atoms with E-state index in [9.17, 15) is 9.59 Å². The van der Waals surface area contributed by atoms with Crippen LogP contribution in [-0.4, -0.2) is 29.3 Å². The number of imide groups is 1. The normalized spacial score (nSPS) is 15.5. The summed E-state index contributed by atoms with van der Waals surface area (Å²) >= 11 is 13.4. The van der Waals surface area contributed by atoms with E-state index >= 15 is 0 Å². The summed E-state index contributed by atoms with van der Waals surface area (Å²) in [6, 6.07) is 10.5. The van der Waals surface area contributed by atoms with Crippen LogP contribution < -0.4 is 9.47 Å². The number of hydrogen-bond acceptors (Lipinski definition) is 5. The molecular weight excluding hydrogens is 433 g/mol. The van der Waals surface area contributed by atoms with E-state index in [0.29, 0.717) is 37.6 Å². The second-order valence-corrected chi connectivity index (χ2v) is 8.37. The van der Waals surface area contributed by atoms with Crippen molar-refractivity contribution in [2.75, 3.05) is 7.11 Å². The van der Waals surface area contributed by atoms with Crippen molar-refractivity contribution in [3.63, 3.8) is 0 Å². The largest absolute Gasteiger partial charge is 0.493 e. The second-order valence-electron chi connectivity index (χ2n) is 6.56. The van der Waals surface area contributed by atoms with Gasteiger partial charge in [0.15, 0.2) is 11.5 Å². The summed E-state index contributed by atoms with van der Waals surface area (Å²) in [7, 11) is 1.51. The van der Waals surface area contributed by atoms with Crippen molar-refractivity contribution in [2.24, 2.45) is 0 Å². The molecule has 29 heavy (non-hydrogen) atoms. The number of benzene rings is 2. The topological polar surface area (TPSA) is 55.8 Å². The van der Waals surface area contributed by atoms with Gasteiger partial charge in [0.1, 0.15) is 0 Å². The second kappa shape index (κ2) is 9.11. The summed E-state index contributed by atoms with van der Waals surface area (Å²) in [6.45, 7) is 3.89. The van der Waals surface area contributed by atoms with Crippen LogP contribution in [0.4, 0.5) is 4.79 Å². The summed E-state index contributed by atoms with van der Waals surface area (Å²) in [5.74, 6) is 0.512. The zero-order chi connectivity index (χ0) is 21.1. The van der Waals surface area contributed by atoms with Crippen molar-refractivity contribution in [2.45, 2.75) is 26.5 Å². The van der Waals surface area contributed by atoms with Crippen molar-refractivity contribution in [3.8, 4) is 11.5 Å². The van der Waals surface area contributed by atoms with Crippen LogP contribution in [-0.2, 0) is 11.3 Å². The van der Waals surface area contributed by atoms with E-state index in [1.807, 2.05) is 19.9 Å². The van der Waals surface area contributed by atoms with Crippen molar-refractivity contribution in [1.82, 2.24) is 4.90 Å². The Morgan fingerprint density at radius 2 is 1.86 bits per heavy atom. The van der Waals surface area contributed by atoms with Crippen LogP contribution in [0.5, 0.6) is 11.5 Å². The van der Waals surface area contributed by atoms with E-state index < -0.39 is 0 Å². The van der Waals surface area contributed by atoms with Crippen molar-refractivity contribution >= 4 is 52.2 Å². The number of carbonyl (C=O) groups is 2. The molecule has 3 rings (SSSR count). The van der Waals surface area contributed by atoms with Gasteiger partial charge in [0.2, 0.25) is 0 Å². The highest BCUT2D eigenvalue weighted by Gasteiger charge is 2.35. The monoisotopic (exact) mass is 451 g/mol. The van der Waals surface area contributed by atoms with E-state index in [4.69, 9.17) is 32.7 Å². The molecule has 1 heterocycles. The predicted octanol–water partition coefficient (Wildman–Crippen LogP) is 6.03. The highest BCUT2D eigenvalue weighted by molar-refractivity contribution is 8.18. The average Bonchev–Trinajstić information content (AvgIpc) is 2.92. The number of hydrogen-bond donors (Lipinski definition) is 0. The van der Waals surface area contributed by atoms with Gasteiger partial charge in [0.05, 0.1) is 29.7 Å². The first-order chi connectivity index (χ1) is 13.8. The maximum atomic E-state index is 12.8. The molecular formula is C21H19Cl2NO4S. The molecule has 1 aliphatic heterocycles. The lowest BCUT2D eigenvalue weighted by atomic mass is 10.1. The molecule has 0 radical (unpaired) electrons. The molecule has 1 aliphatic rings. The zero-order valence-electron chi connectivity index (χ0n) is 16.1. The Morgan fingerprint density at radius 3 is 2.52 bits per heavy atom. The first kappa shape index (κ1) is 21.6. The lowest BCUT2D eigenvalue weighted by Crippen LogP contribution is -2.27. The van der Waals surface area contributed by atoms with Crippen LogP contribution in [0, 0.1) is 0 Å². The molecule has 0 N–H and O–H groups in total. The Kier molecular flexibility index (Phi) is 6.77. The molecule has 0 saturated carbocycles. The highest BCUT2D eigenvalue weighted by Crippen LogP contribution is 2.39. The van der Waals surface area contributed by atoms with Crippen LogP contribution >= 0.6 is 35.0 Å². The molecule has 2 aromatic rings. The smallest absolute Gasteiger partial charge is 0.293 e. The molecule has 5 nitrogen and oxygen atoms in total. The third kappa shape index (κ3) is 4.89. The maximum Gasteiger partial charge on any atom is 0.293 e. The van der Waals surface area contributed by atoms with Crippen LogP contribution in [0.2, 0.25) is 10.0 Å². The number of nitrogens with zero attached hydrogens (tertiary/aromatic N) is 1. The van der Waals surface area contributed by atoms with Gasteiger partial charge >= 0.3 is 0 Å². The summed E-state index contributed by atoms with van der Waals surface area (Å²) in [5, 5.41) is 0.520. The van der Waals surface area contributed by atoms with E-state index in [-0.39, 0.29) is 23.8 Å². The fraction of sp³-hybridized carbons (Fsp3) is 0.238. The molecule has 0 atom stereocenters. The molecule has 0 aliphatic carbocycles. The van der Waals surface area contributed by atoms with Gasteiger partial charge in [-0.25, -0.2) is 0 Å². The van der Waals surface area contributed by atoms with Crippen LogP contribution in [0.15, 0.2) is 41.3 Å². The fourth-order valence-electron chi connectivity index (χ4n) is 2.76. The standard InChI is InChI=1S/C21H19Cl2NO4S/c1-12(2)28-19-16(23)8-13(9-17(19)27-3)10-18-20(25)24(21(26)29-18)11-14-6-4-5-7-15(14)22/h4-10,12H,11H2,1-3H3/b18-10-. The fourth-order valence-corrected chi connectivity index (χ4v) is 4.06. The third-order valence-corrected chi connectivity index (χ3v) is 5.62. The van der Waals surface area contributed by atoms with Crippen molar-refractivity contribution in [1.29, 1.82) is 0 Å². The number of amides is 2. The van der Waals surface area contributed by atoms with Gasteiger partial charge in [-0.2, -0.15) is 0 Å². The molecule has 0 bridgehead atoms. The number of thioether (sulfide) groups is 1. The number of ether oxygens (including phenoxy) is 2. The lowest BCUT2D eigenvalue weighted by molar-refractivity contribution is -0.123. The van der Waals surface area contributed by atoms with Crippen LogP contribution in [0.25, 0.3) is 6.08 Å².